The molecule has 0 bridgehead atoms. The lowest BCUT2D eigenvalue weighted by molar-refractivity contribution is 0.166. The minimum atomic E-state index is -0.469. The monoisotopic (exact) mass is 257 g/mol. The van der Waals surface area contributed by atoms with E-state index in [9.17, 15) is 0 Å². The molecule has 102 valence electrons. The predicted octanol–water partition coefficient (Wildman–Crippen LogP) is 4.56. The highest BCUT2D eigenvalue weighted by molar-refractivity contribution is 8.31. The Balaban J connectivity index is 2.18. The predicted molar refractivity (Wildman–Crippen MR) is 80.9 cm³/mol. The SMILES string of the molecule is CC(C)(C)N(C1CCCCC1)S1(C)CCCC1. The van der Waals surface area contributed by atoms with E-state index < -0.39 is 10.2 Å². The van der Waals surface area contributed by atoms with E-state index in [2.05, 4.69) is 31.3 Å². The van der Waals surface area contributed by atoms with Gasteiger partial charge in [-0.2, -0.15) is 10.2 Å². The Kier molecular flexibility index (Phi) is 4.14. The van der Waals surface area contributed by atoms with Gasteiger partial charge in [-0.25, -0.2) is 0 Å². The molecule has 0 atom stereocenters. The van der Waals surface area contributed by atoms with Gasteiger partial charge in [0.25, 0.3) is 0 Å². The van der Waals surface area contributed by atoms with Crippen molar-refractivity contribution in [3.8, 4) is 0 Å². The maximum atomic E-state index is 2.99. The minimum Gasteiger partial charge on any atom is -0.259 e. The van der Waals surface area contributed by atoms with Crippen molar-refractivity contribution in [1.29, 1.82) is 0 Å². The highest BCUT2D eigenvalue weighted by Gasteiger charge is 2.41. The third-order valence-corrected chi connectivity index (χ3v) is 8.59. The van der Waals surface area contributed by atoms with Crippen molar-refractivity contribution < 1.29 is 0 Å². The molecule has 1 heterocycles. The van der Waals surface area contributed by atoms with Crippen molar-refractivity contribution in [3.63, 3.8) is 0 Å². The summed E-state index contributed by atoms with van der Waals surface area (Å²) in [5.74, 6) is 3.00. The third kappa shape index (κ3) is 3.01. The molecule has 0 radical (unpaired) electrons. The zero-order valence-electron chi connectivity index (χ0n) is 12.3. The van der Waals surface area contributed by atoms with Crippen LogP contribution in [0.1, 0.15) is 65.7 Å². The Labute approximate surface area is 110 Å². The molecule has 1 saturated heterocycles. The molecular weight excluding hydrogens is 226 g/mol. The Bertz CT molecular complexity index is 244. The van der Waals surface area contributed by atoms with E-state index in [-0.39, 0.29) is 0 Å². The van der Waals surface area contributed by atoms with Gasteiger partial charge in [0.1, 0.15) is 0 Å². The van der Waals surface area contributed by atoms with Crippen LogP contribution < -0.4 is 0 Å². The van der Waals surface area contributed by atoms with Gasteiger partial charge in [0.15, 0.2) is 0 Å². The molecule has 17 heavy (non-hydrogen) atoms. The van der Waals surface area contributed by atoms with E-state index in [1.807, 2.05) is 0 Å². The summed E-state index contributed by atoms with van der Waals surface area (Å²) in [6.07, 6.45) is 12.9. The lowest BCUT2D eigenvalue weighted by Gasteiger charge is -2.55. The van der Waals surface area contributed by atoms with Gasteiger partial charge in [-0.1, -0.05) is 19.3 Å². The average Bonchev–Trinajstić information content (AvgIpc) is 2.65. The van der Waals surface area contributed by atoms with Crippen LogP contribution in [0.25, 0.3) is 0 Å². The fourth-order valence-electron chi connectivity index (χ4n) is 4.01. The third-order valence-electron chi connectivity index (χ3n) is 4.46. The lowest BCUT2D eigenvalue weighted by Crippen LogP contribution is -2.50. The molecule has 1 saturated carbocycles. The number of nitrogens with zero attached hydrogens (tertiary/aromatic N) is 1. The summed E-state index contributed by atoms with van der Waals surface area (Å²) in [6.45, 7) is 7.33. The van der Waals surface area contributed by atoms with Gasteiger partial charge in [-0.3, -0.25) is 4.31 Å². The van der Waals surface area contributed by atoms with Crippen LogP contribution in [0, 0.1) is 0 Å². The summed E-state index contributed by atoms with van der Waals surface area (Å²) in [7, 11) is -0.469. The molecular formula is C15H31NS. The summed E-state index contributed by atoms with van der Waals surface area (Å²) in [4.78, 5) is 0. The maximum Gasteiger partial charge on any atom is 0.0216 e. The first-order chi connectivity index (χ1) is 7.93. The molecule has 1 aliphatic carbocycles. The van der Waals surface area contributed by atoms with Crippen LogP contribution in [-0.4, -0.2) is 33.6 Å². The van der Waals surface area contributed by atoms with Crippen LogP contribution in [-0.2, 0) is 0 Å². The van der Waals surface area contributed by atoms with Crippen molar-refractivity contribution in [2.24, 2.45) is 0 Å². The van der Waals surface area contributed by atoms with E-state index in [0.29, 0.717) is 5.54 Å². The van der Waals surface area contributed by atoms with Crippen molar-refractivity contribution in [2.45, 2.75) is 77.3 Å². The Morgan fingerprint density at radius 1 is 0.882 bits per heavy atom. The summed E-state index contributed by atoms with van der Waals surface area (Å²) in [5.41, 5.74) is 0.371. The highest BCUT2D eigenvalue weighted by atomic mass is 32.3. The lowest BCUT2D eigenvalue weighted by atomic mass is 9.93. The Morgan fingerprint density at radius 2 is 1.41 bits per heavy atom. The summed E-state index contributed by atoms with van der Waals surface area (Å²) < 4.78 is 2.99. The molecule has 0 spiro atoms. The fraction of sp³-hybridized carbons (Fsp3) is 1.00. The van der Waals surface area contributed by atoms with Gasteiger partial charge in [-0.15, -0.1) is 0 Å². The van der Waals surface area contributed by atoms with E-state index >= 15 is 0 Å². The van der Waals surface area contributed by atoms with Crippen LogP contribution in [0.2, 0.25) is 0 Å². The van der Waals surface area contributed by atoms with E-state index in [1.165, 1.54) is 56.5 Å². The van der Waals surface area contributed by atoms with Crippen molar-refractivity contribution in [1.82, 2.24) is 4.31 Å². The summed E-state index contributed by atoms with van der Waals surface area (Å²) in [5, 5.41) is 0. The van der Waals surface area contributed by atoms with E-state index in [1.54, 1.807) is 0 Å². The molecule has 2 heteroatoms. The fourth-order valence-corrected chi connectivity index (χ4v) is 8.51. The second-order valence-electron chi connectivity index (χ2n) is 7.13. The molecule has 0 aromatic carbocycles. The summed E-state index contributed by atoms with van der Waals surface area (Å²) >= 11 is 0. The Hall–Kier alpha value is 0.310. The van der Waals surface area contributed by atoms with Crippen molar-refractivity contribution in [3.05, 3.63) is 0 Å². The van der Waals surface area contributed by atoms with Crippen LogP contribution in [0.4, 0.5) is 0 Å². The number of rotatable bonds is 2. The van der Waals surface area contributed by atoms with Gasteiger partial charge >= 0.3 is 0 Å². The summed E-state index contributed by atoms with van der Waals surface area (Å²) in [6, 6.07) is 0.891. The van der Waals surface area contributed by atoms with Gasteiger partial charge < -0.3 is 0 Å². The van der Waals surface area contributed by atoms with E-state index in [4.69, 9.17) is 0 Å². The molecule has 0 aromatic rings. The molecule has 2 rings (SSSR count). The van der Waals surface area contributed by atoms with Crippen LogP contribution in [0.15, 0.2) is 0 Å². The van der Waals surface area contributed by atoms with Gasteiger partial charge in [0.2, 0.25) is 0 Å². The molecule has 0 unspecified atom stereocenters. The Morgan fingerprint density at radius 3 is 1.88 bits per heavy atom. The topological polar surface area (TPSA) is 3.24 Å². The standard InChI is InChI=1S/C15H31NS/c1-15(2,3)16(14-10-6-5-7-11-14)17(4)12-8-9-13-17/h14H,5-13H2,1-4H3. The van der Waals surface area contributed by atoms with Crippen LogP contribution in [0.3, 0.4) is 0 Å². The molecule has 0 N–H and O–H groups in total. The largest absolute Gasteiger partial charge is 0.259 e. The van der Waals surface area contributed by atoms with E-state index in [0.717, 1.165) is 6.04 Å². The average molecular weight is 257 g/mol. The first kappa shape index (κ1) is 13.7. The van der Waals surface area contributed by atoms with Crippen molar-refractivity contribution >= 4 is 10.2 Å². The second kappa shape index (κ2) is 5.13. The molecule has 2 aliphatic rings. The first-order valence-electron chi connectivity index (χ1n) is 7.47. The van der Waals surface area contributed by atoms with Gasteiger partial charge in [-0.05, 0) is 64.2 Å². The zero-order valence-corrected chi connectivity index (χ0v) is 13.1. The first-order valence-corrected chi connectivity index (χ1v) is 9.80. The number of hydrogen-bond donors (Lipinski definition) is 0. The van der Waals surface area contributed by atoms with Crippen molar-refractivity contribution in [2.75, 3.05) is 17.8 Å². The molecule has 1 nitrogen and oxygen atoms in total. The van der Waals surface area contributed by atoms with Gasteiger partial charge in [0, 0.05) is 11.6 Å². The molecule has 0 aromatic heterocycles. The van der Waals surface area contributed by atoms with Crippen LogP contribution >= 0.6 is 10.2 Å². The molecule has 2 fully saturated rings. The smallest absolute Gasteiger partial charge is 0.0216 e. The second-order valence-corrected chi connectivity index (χ2v) is 10.8. The molecule has 1 aliphatic heterocycles. The molecule has 0 amide bonds. The zero-order chi connectivity index (χ0) is 12.5. The highest BCUT2D eigenvalue weighted by Crippen LogP contribution is 2.58. The minimum absolute atomic E-state index is 0.371. The van der Waals surface area contributed by atoms with Gasteiger partial charge in [0.05, 0.1) is 0 Å². The number of hydrogen-bond acceptors (Lipinski definition) is 1. The normalized spacial score (nSPS) is 28.5. The quantitative estimate of drug-likeness (QED) is 0.701. The maximum absolute atomic E-state index is 2.99. The van der Waals surface area contributed by atoms with Crippen LogP contribution in [0.5, 0.6) is 0 Å².